The van der Waals surface area contributed by atoms with E-state index in [2.05, 4.69) is 61.2 Å². The van der Waals surface area contributed by atoms with Crippen molar-refractivity contribution < 1.29 is 0 Å². The molecule has 0 spiro atoms. The van der Waals surface area contributed by atoms with Gasteiger partial charge in [-0.2, -0.15) is 0 Å². The van der Waals surface area contributed by atoms with Crippen molar-refractivity contribution in [3.63, 3.8) is 0 Å². The standard InChI is InChI=1S/C13H30IPS/c1-5-8-10-15(4,14,11-9-6-2)12-13-16-7-3/h5-13H2,1-4H3. The van der Waals surface area contributed by atoms with E-state index in [9.17, 15) is 0 Å². The summed E-state index contributed by atoms with van der Waals surface area (Å²) in [5, 5.41) is 0. The van der Waals surface area contributed by atoms with Crippen LogP contribution in [0.4, 0.5) is 0 Å². The topological polar surface area (TPSA) is 0 Å². The van der Waals surface area contributed by atoms with Gasteiger partial charge in [0.05, 0.1) is 0 Å². The third-order valence-corrected chi connectivity index (χ3v) is 13.5. The molecule has 0 amide bonds. The first-order valence-corrected chi connectivity index (χ1v) is 13.9. The maximum atomic E-state index is 2.91. The summed E-state index contributed by atoms with van der Waals surface area (Å²) in [6.45, 7) is 9.58. The van der Waals surface area contributed by atoms with Gasteiger partial charge in [-0.25, -0.2) is 0 Å². The molecule has 0 aliphatic carbocycles. The van der Waals surface area contributed by atoms with Gasteiger partial charge in [0.25, 0.3) is 0 Å². The number of rotatable bonds is 10. The van der Waals surface area contributed by atoms with Crippen LogP contribution in [0.3, 0.4) is 0 Å². The predicted molar refractivity (Wildman–Crippen MR) is 94.3 cm³/mol. The average Bonchev–Trinajstić information content (AvgIpc) is 2.25. The second-order valence-electron chi connectivity index (χ2n) is 5.22. The van der Waals surface area contributed by atoms with E-state index in [4.69, 9.17) is 0 Å². The van der Waals surface area contributed by atoms with E-state index < -0.39 is 4.25 Å². The summed E-state index contributed by atoms with van der Waals surface area (Å²) in [4.78, 5) is 0. The summed E-state index contributed by atoms with van der Waals surface area (Å²) >= 11 is 5.04. The molecule has 0 radical (unpaired) electrons. The van der Waals surface area contributed by atoms with Crippen molar-refractivity contribution >= 4 is 38.0 Å². The Kier molecular flexibility index (Phi) is 9.39. The first kappa shape index (κ1) is 17.5. The second-order valence-corrected chi connectivity index (χ2v) is 21.3. The molecule has 100 valence electrons. The van der Waals surface area contributed by atoms with E-state index in [1.165, 1.54) is 55.7 Å². The molecule has 0 aliphatic heterocycles. The van der Waals surface area contributed by atoms with Crippen molar-refractivity contribution in [2.24, 2.45) is 0 Å². The molecular formula is C13H30IPS. The van der Waals surface area contributed by atoms with Gasteiger partial charge in [-0.1, -0.05) is 0 Å². The molecule has 16 heavy (non-hydrogen) atoms. The van der Waals surface area contributed by atoms with Crippen LogP contribution in [0.5, 0.6) is 0 Å². The Labute approximate surface area is 121 Å². The quantitative estimate of drug-likeness (QED) is 0.261. The molecular weight excluding hydrogens is 346 g/mol. The van der Waals surface area contributed by atoms with Gasteiger partial charge in [-0.3, -0.25) is 0 Å². The van der Waals surface area contributed by atoms with Gasteiger partial charge in [0.2, 0.25) is 0 Å². The van der Waals surface area contributed by atoms with Crippen LogP contribution in [-0.2, 0) is 0 Å². The molecule has 0 heterocycles. The molecule has 0 nitrogen and oxygen atoms in total. The molecule has 0 bridgehead atoms. The van der Waals surface area contributed by atoms with Crippen LogP contribution in [0.15, 0.2) is 0 Å². The summed E-state index contributed by atoms with van der Waals surface area (Å²) < 4.78 is -1.35. The van der Waals surface area contributed by atoms with Crippen LogP contribution < -0.4 is 0 Å². The van der Waals surface area contributed by atoms with Crippen LogP contribution >= 0.6 is 38.0 Å². The first-order valence-electron chi connectivity index (χ1n) is 6.76. The van der Waals surface area contributed by atoms with E-state index in [0.29, 0.717) is 0 Å². The Bertz CT molecular complexity index is 171. The van der Waals surface area contributed by atoms with Crippen molar-refractivity contribution in [2.45, 2.75) is 46.5 Å². The first-order chi connectivity index (χ1) is 7.46. The minimum atomic E-state index is -1.35. The molecule has 0 saturated heterocycles. The van der Waals surface area contributed by atoms with Crippen molar-refractivity contribution in [3.8, 4) is 0 Å². The fraction of sp³-hybridized carbons (Fsp3) is 1.00. The van der Waals surface area contributed by atoms with Crippen molar-refractivity contribution in [2.75, 3.05) is 36.7 Å². The second kappa shape index (κ2) is 8.58. The van der Waals surface area contributed by atoms with Gasteiger partial charge >= 0.3 is 121 Å². The molecule has 0 fully saturated rings. The minimum absolute atomic E-state index is 1.28. The van der Waals surface area contributed by atoms with Gasteiger partial charge in [-0.05, 0) is 0 Å². The molecule has 0 saturated carbocycles. The zero-order chi connectivity index (χ0) is 12.5. The van der Waals surface area contributed by atoms with Gasteiger partial charge in [0.1, 0.15) is 0 Å². The summed E-state index contributed by atoms with van der Waals surface area (Å²) in [6, 6.07) is 0. The van der Waals surface area contributed by atoms with E-state index >= 15 is 0 Å². The molecule has 0 aliphatic rings. The third kappa shape index (κ3) is 7.76. The van der Waals surface area contributed by atoms with Crippen molar-refractivity contribution in [1.82, 2.24) is 0 Å². The monoisotopic (exact) mass is 376 g/mol. The fourth-order valence-electron chi connectivity index (χ4n) is 2.00. The van der Waals surface area contributed by atoms with Crippen LogP contribution in [0, 0.1) is 0 Å². The van der Waals surface area contributed by atoms with E-state index in [1.54, 1.807) is 0 Å². The fourth-order valence-corrected chi connectivity index (χ4v) is 11.7. The molecule has 0 aromatic carbocycles. The Morgan fingerprint density at radius 3 is 1.81 bits per heavy atom. The summed E-state index contributed by atoms with van der Waals surface area (Å²) in [5.74, 6) is 2.67. The molecule has 3 heteroatoms. The number of halogens is 1. The summed E-state index contributed by atoms with van der Waals surface area (Å²) in [5.41, 5.74) is 0. The molecule has 0 N–H and O–H groups in total. The molecule has 0 rings (SSSR count). The van der Waals surface area contributed by atoms with Crippen molar-refractivity contribution in [3.05, 3.63) is 0 Å². The number of hydrogen-bond acceptors (Lipinski definition) is 1. The van der Waals surface area contributed by atoms with Crippen LogP contribution in [0.2, 0.25) is 0 Å². The van der Waals surface area contributed by atoms with Crippen LogP contribution in [0.1, 0.15) is 46.5 Å². The predicted octanol–water partition coefficient (Wildman–Crippen LogP) is 5.87. The van der Waals surface area contributed by atoms with Crippen molar-refractivity contribution in [1.29, 1.82) is 0 Å². The Morgan fingerprint density at radius 1 is 0.938 bits per heavy atom. The Morgan fingerprint density at radius 2 is 1.44 bits per heavy atom. The maximum absolute atomic E-state index is 2.91. The third-order valence-electron chi connectivity index (χ3n) is 3.34. The van der Waals surface area contributed by atoms with Gasteiger partial charge in [-0.15, -0.1) is 0 Å². The molecule has 0 aromatic heterocycles. The average molecular weight is 376 g/mol. The number of thioether (sulfide) groups is 1. The number of hydrogen-bond donors (Lipinski definition) is 0. The zero-order valence-electron chi connectivity index (χ0n) is 11.6. The summed E-state index contributed by atoms with van der Waals surface area (Å²) in [6.07, 6.45) is 10.2. The van der Waals surface area contributed by atoms with E-state index in [0.717, 1.165) is 0 Å². The van der Waals surface area contributed by atoms with E-state index in [1.807, 2.05) is 0 Å². The van der Waals surface area contributed by atoms with Gasteiger partial charge in [0, 0.05) is 0 Å². The Balaban J connectivity index is 4.31. The SMILES string of the molecule is CCCCP(C)(I)(CCCC)CCSCC. The van der Waals surface area contributed by atoms with Crippen LogP contribution in [0.25, 0.3) is 0 Å². The van der Waals surface area contributed by atoms with Crippen LogP contribution in [-0.4, -0.2) is 36.7 Å². The normalized spacial score (nSPS) is 14.7. The molecule has 0 unspecified atom stereocenters. The summed E-state index contributed by atoms with van der Waals surface area (Å²) in [7, 11) is 0. The molecule has 0 aromatic rings. The van der Waals surface area contributed by atoms with Gasteiger partial charge < -0.3 is 0 Å². The number of unbranched alkanes of at least 4 members (excludes halogenated alkanes) is 2. The van der Waals surface area contributed by atoms with Gasteiger partial charge in [0.15, 0.2) is 0 Å². The Hall–Kier alpha value is 1.51. The molecule has 0 atom stereocenters. The zero-order valence-corrected chi connectivity index (χ0v) is 15.5. The van der Waals surface area contributed by atoms with E-state index in [-0.39, 0.29) is 0 Å².